The first kappa shape index (κ1) is 13.9. The van der Waals surface area contributed by atoms with Crippen molar-refractivity contribution in [1.82, 2.24) is 4.40 Å². The molecule has 2 heterocycles. The highest BCUT2D eigenvalue weighted by Crippen LogP contribution is 2.23. The fourth-order valence-corrected chi connectivity index (χ4v) is 2.33. The van der Waals surface area contributed by atoms with Crippen LogP contribution in [0, 0.1) is 0 Å². The summed E-state index contributed by atoms with van der Waals surface area (Å²) in [5, 5.41) is 8.98. The Hall–Kier alpha value is -3.08. The summed E-state index contributed by atoms with van der Waals surface area (Å²) < 4.78 is 6.46. The van der Waals surface area contributed by atoms with Crippen LogP contribution in [-0.4, -0.2) is 22.6 Å². The normalized spacial score (nSPS) is 10.6. The van der Waals surface area contributed by atoms with Crippen LogP contribution in [0.3, 0.4) is 0 Å². The average Bonchev–Trinajstić information content (AvgIpc) is 2.54. The third-order valence-electron chi connectivity index (χ3n) is 3.51. The fourth-order valence-electron chi connectivity index (χ4n) is 2.33. The number of aromatic carboxylic acids is 1. The van der Waals surface area contributed by atoms with Crippen LogP contribution in [0.2, 0.25) is 0 Å². The molecule has 0 atom stereocenters. The van der Waals surface area contributed by atoms with Gasteiger partial charge in [0.25, 0.3) is 5.56 Å². The van der Waals surface area contributed by atoms with Gasteiger partial charge < -0.3 is 9.84 Å². The number of fused-ring (bicyclic) bond motifs is 1. The van der Waals surface area contributed by atoms with E-state index in [1.807, 2.05) is 30.3 Å². The van der Waals surface area contributed by atoms with Gasteiger partial charge in [-0.05, 0) is 47.5 Å². The number of benzene rings is 1. The van der Waals surface area contributed by atoms with Crippen LogP contribution in [0.5, 0.6) is 5.75 Å². The summed E-state index contributed by atoms with van der Waals surface area (Å²) in [7, 11) is 1.61. The van der Waals surface area contributed by atoms with E-state index in [0.717, 1.165) is 16.9 Å². The first-order valence-electron chi connectivity index (χ1n) is 6.63. The standard InChI is InChI=1S/C17H13NO4/c1-22-14-5-2-11(3-6-14)12-8-9-18-13(10-12)4-7-15(16(18)19)17(20)21/h2-10H,1H3,(H,20,21). The van der Waals surface area contributed by atoms with E-state index < -0.39 is 11.5 Å². The summed E-state index contributed by atoms with van der Waals surface area (Å²) >= 11 is 0. The molecule has 5 nitrogen and oxygen atoms in total. The zero-order chi connectivity index (χ0) is 15.7. The minimum atomic E-state index is -1.22. The van der Waals surface area contributed by atoms with E-state index in [1.54, 1.807) is 25.4 Å². The van der Waals surface area contributed by atoms with Gasteiger partial charge in [-0.3, -0.25) is 9.20 Å². The lowest BCUT2D eigenvalue weighted by atomic mass is 10.1. The molecule has 0 amide bonds. The Morgan fingerprint density at radius 2 is 1.77 bits per heavy atom. The van der Waals surface area contributed by atoms with Crippen molar-refractivity contribution in [3.8, 4) is 16.9 Å². The van der Waals surface area contributed by atoms with Gasteiger partial charge in [-0.25, -0.2) is 4.79 Å². The van der Waals surface area contributed by atoms with Crippen molar-refractivity contribution in [3.63, 3.8) is 0 Å². The quantitative estimate of drug-likeness (QED) is 0.806. The van der Waals surface area contributed by atoms with Crippen LogP contribution in [0.4, 0.5) is 0 Å². The lowest BCUT2D eigenvalue weighted by Gasteiger charge is -2.07. The van der Waals surface area contributed by atoms with Crippen molar-refractivity contribution in [2.45, 2.75) is 0 Å². The maximum Gasteiger partial charge on any atom is 0.341 e. The highest BCUT2D eigenvalue weighted by atomic mass is 16.5. The van der Waals surface area contributed by atoms with Gasteiger partial charge in [-0.1, -0.05) is 12.1 Å². The number of methoxy groups -OCH3 is 1. The Morgan fingerprint density at radius 1 is 1.05 bits per heavy atom. The van der Waals surface area contributed by atoms with Crippen LogP contribution in [0.15, 0.2) is 59.5 Å². The van der Waals surface area contributed by atoms with Gasteiger partial charge in [-0.2, -0.15) is 0 Å². The van der Waals surface area contributed by atoms with Gasteiger partial charge >= 0.3 is 5.97 Å². The molecule has 3 aromatic rings. The third kappa shape index (κ3) is 2.33. The molecule has 0 spiro atoms. The number of pyridine rings is 2. The van der Waals surface area contributed by atoms with Crippen LogP contribution >= 0.6 is 0 Å². The van der Waals surface area contributed by atoms with E-state index in [9.17, 15) is 9.59 Å². The number of carboxylic acid groups (broad SMARTS) is 1. The highest BCUT2D eigenvalue weighted by molar-refractivity contribution is 5.87. The second kappa shape index (κ2) is 5.37. The molecule has 0 radical (unpaired) electrons. The number of nitrogens with zero attached hydrogens (tertiary/aromatic N) is 1. The molecule has 0 fully saturated rings. The zero-order valence-corrected chi connectivity index (χ0v) is 11.8. The van der Waals surface area contributed by atoms with Gasteiger partial charge in [0.2, 0.25) is 0 Å². The molecule has 0 aliphatic heterocycles. The molecule has 3 rings (SSSR count). The molecule has 2 aromatic heterocycles. The summed E-state index contributed by atoms with van der Waals surface area (Å²) in [6, 6.07) is 14.1. The van der Waals surface area contributed by atoms with Crippen LogP contribution in [0.1, 0.15) is 10.4 Å². The summed E-state index contributed by atoms with van der Waals surface area (Å²) in [6.07, 6.45) is 1.59. The summed E-state index contributed by atoms with van der Waals surface area (Å²) in [6.45, 7) is 0. The number of hydrogen-bond donors (Lipinski definition) is 1. The molecule has 5 heteroatoms. The lowest BCUT2D eigenvalue weighted by Crippen LogP contribution is -2.21. The van der Waals surface area contributed by atoms with E-state index in [-0.39, 0.29) is 5.56 Å². The number of carboxylic acids is 1. The van der Waals surface area contributed by atoms with Gasteiger partial charge in [0.05, 0.1) is 7.11 Å². The Bertz CT molecular complexity index is 910. The Kier molecular flexibility index (Phi) is 3.39. The maximum atomic E-state index is 12.1. The summed E-state index contributed by atoms with van der Waals surface area (Å²) in [5.41, 5.74) is 1.78. The molecule has 1 N–H and O–H groups in total. The highest BCUT2D eigenvalue weighted by Gasteiger charge is 2.10. The van der Waals surface area contributed by atoms with Crippen molar-refractivity contribution in [2.24, 2.45) is 0 Å². The fraction of sp³-hybridized carbons (Fsp3) is 0.0588. The van der Waals surface area contributed by atoms with E-state index in [0.29, 0.717) is 5.52 Å². The van der Waals surface area contributed by atoms with E-state index in [2.05, 4.69) is 0 Å². The predicted octanol–water partition coefficient (Wildman–Crippen LogP) is 2.67. The maximum absolute atomic E-state index is 12.1. The third-order valence-corrected chi connectivity index (χ3v) is 3.51. The van der Waals surface area contributed by atoms with E-state index >= 15 is 0 Å². The first-order valence-corrected chi connectivity index (χ1v) is 6.63. The van der Waals surface area contributed by atoms with Crippen molar-refractivity contribution in [2.75, 3.05) is 7.11 Å². The van der Waals surface area contributed by atoms with E-state index in [1.165, 1.54) is 10.5 Å². The molecule has 0 bridgehead atoms. The molecule has 0 aliphatic rings. The van der Waals surface area contributed by atoms with Crippen LogP contribution in [-0.2, 0) is 0 Å². The van der Waals surface area contributed by atoms with Gasteiger partial charge in [0, 0.05) is 11.7 Å². The number of ether oxygens (including phenoxy) is 1. The van der Waals surface area contributed by atoms with Crippen molar-refractivity contribution < 1.29 is 14.6 Å². The number of aromatic nitrogens is 1. The molecule has 1 aromatic carbocycles. The molecule has 110 valence electrons. The molecule has 22 heavy (non-hydrogen) atoms. The Morgan fingerprint density at radius 3 is 2.41 bits per heavy atom. The zero-order valence-electron chi connectivity index (χ0n) is 11.8. The van der Waals surface area contributed by atoms with Crippen LogP contribution < -0.4 is 10.3 Å². The smallest absolute Gasteiger partial charge is 0.341 e. The van der Waals surface area contributed by atoms with Crippen molar-refractivity contribution in [3.05, 3.63) is 70.6 Å². The summed E-state index contributed by atoms with van der Waals surface area (Å²) in [5.74, 6) is -0.453. The SMILES string of the molecule is COc1ccc(-c2ccn3c(=O)c(C(=O)O)ccc3c2)cc1. The lowest BCUT2D eigenvalue weighted by molar-refractivity contribution is 0.0695. The molecular weight excluding hydrogens is 282 g/mol. The van der Waals surface area contributed by atoms with E-state index in [4.69, 9.17) is 9.84 Å². The minimum Gasteiger partial charge on any atom is -0.497 e. The van der Waals surface area contributed by atoms with Gasteiger partial charge in [-0.15, -0.1) is 0 Å². The molecule has 0 aliphatic carbocycles. The first-order chi connectivity index (χ1) is 10.6. The Labute approximate surface area is 126 Å². The predicted molar refractivity (Wildman–Crippen MR) is 82.6 cm³/mol. The second-order valence-corrected chi connectivity index (χ2v) is 4.80. The van der Waals surface area contributed by atoms with Crippen molar-refractivity contribution in [1.29, 1.82) is 0 Å². The largest absolute Gasteiger partial charge is 0.497 e. The van der Waals surface area contributed by atoms with Crippen LogP contribution in [0.25, 0.3) is 16.6 Å². The topological polar surface area (TPSA) is 68.0 Å². The molecule has 0 saturated carbocycles. The molecule has 0 unspecified atom stereocenters. The van der Waals surface area contributed by atoms with Gasteiger partial charge in [0.15, 0.2) is 0 Å². The molecular formula is C17H13NO4. The number of carbonyl (C=O) groups is 1. The average molecular weight is 295 g/mol. The monoisotopic (exact) mass is 295 g/mol. The molecule has 0 saturated heterocycles. The summed E-state index contributed by atoms with van der Waals surface area (Å²) in [4.78, 5) is 23.1. The number of rotatable bonds is 3. The van der Waals surface area contributed by atoms with Gasteiger partial charge in [0.1, 0.15) is 11.3 Å². The minimum absolute atomic E-state index is 0.241. The second-order valence-electron chi connectivity index (χ2n) is 4.80. The Balaban J connectivity index is 2.12. The van der Waals surface area contributed by atoms with Crippen molar-refractivity contribution >= 4 is 11.5 Å². The number of hydrogen-bond acceptors (Lipinski definition) is 3.